The van der Waals surface area contributed by atoms with Crippen molar-refractivity contribution in [3.63, 3.8) is 0 Å². The summed E-state index contributed by atoms with van der Waals surface area (Å²) in [7, 11) is 0. The quantitative estimate of drug-likeness (QED) is 0.719. The first-order valence-corrected chi connectivity index (χ1v) is 11.2. The molecule has 1 aliphatic heterocycles. The van der Waals surface area contributed by atoms with Gasteiger partial charge in [0.25, 0.3) is 0 Å². The Morgan fingerprint density at radius 3 is 2.68 bits per heavy atom. The highest BCUT2D eigenvalue weighted by molar-refractivity contribution is 6.30. The van der Waals surface area contributed by atoms with Gasteiger partial charge in [0, 0.05) is 30.9 Å². The summed E-state index contributed by atoms with van der Waals surface area (Å²) in [5.74, 6) is -0.0448. The zero-order chi connectivity index (χ0) is 22.1. The molecule has 1 unspecified atom stereocenters. The summed E-state index contributed by atoms with van der Waals surface area (Å²) in [4.78, 5) is 33.7. The van der Waals surface area contributed by atoms with Crippen LogP contribution in [0, 0.1) is 0 Å². The number of rotatable bonds is 3. The number of aromatic nitrogens is 1. The van der Waals surface area contributed by atoms with Crippen molar-refractivity contribution in [3.8, 4) is 0 Å². The van der Waals surface area contributed by atoms with E-state index in [1.54, 1.807) is 4.90 Å². The number of halogens is 1. The van der Waals surface area contributed by atoms with Crippen LogP contribution in [0.2, 0.25) is 5.02 Å². The topological polar surface area (TPSA) is 62.7 Å². The Balaban J connectivity index is 1.71. The third kappa shape index (κ3) is 4.46. The summed E-state index contributed by atoms with van der Waals surface area (Å²) in [6.45, 7) is 6.65. The number of carbonyl (C=O) groups excluding carboxylic acids is 2. The Morgan fingerprint density at radius 1 is 1.16 bits per heavy atom. The van der Waals surface area contributed by atoms with Crippen LogP contribution in [0.3, 0.4) is 0 Å². The molecule has 1 amide bonds. The lowest BCUT2D eigenvalue weighted by Crippen LogP contribution is -2.58. The van der Waals surface area contributed by atoms with Crippen LogP contribution in [0.25, 0.3) is 0 Å². The lowest BCUT2D eigenvalue weighted by atomic mass is 9.95. The summed E-state index contributed by atoms with van der Waals surface area (Å²) in [5, 5.41) is 0.722. The summed E-state index contributed by atoms with van der Waals surface area (Å²) < 4.78 is 5.39. The number of ether oxygens (including phenoxy) is 1. The van der Waals surface area contributed by atoms with E-state index >= 15 is 0 Å². The van der Waals surface area contributed by atoms with E-state index in [-0.39, 0.29) is 17.9 Å². The van der Waals surface area contributed by atoms with Crippen molar-refractivity contribution in [3.05, 3.63) is 63.9 Å². The molecule has 1 saturated heterocycles. The van der Waals surface area contributed by atoms with Crippen molar-refractivity contribution in [2.24, 2.45) is 0 Å². The SMILES string of the molecule is CC(=O)[C@H]1CN(C2c3ccc(Cl)cc3CCc3cccnc32)CCN1C(=O)OC(C)C. The van der Waals surface area contributed by atoms with E-state index in [4.69, 9.17) is 21.3 Å². The van der Waals surface area contributed by atoms with E-state index < -0.39 is 12.1 Å². The highest BCUT2D eigenvalue weighted by atomic mass is 35.5. The van der Waals surface area contributed by atoms with Gasteiger partial charge in [-0.25, -0.2) is 4.79 Å². The summed E-state index contributed by atoms with van der Waals surface area (Å²) in [6.07, 6.45) is 2.95. The monoisotopic (exact) mass is 441 g/mol. The predicted octanol–water partition coefficient (Wildman–Crippen LogP) is 4.04. The van der Waals surface area contributed by atoms with E-state index in [2.05, 4.69) is 17.0 Å². The van der Waals surface area contributed by atoms with Gasteiger partial charge in [-0.15, -0.1) is 0 Å². The van der Waals surface area contributed by atoms with Gasteiger partial charge in [-0.2, -0.15) is 0 Å². The minimum Gasteiger partial charge on any atom is -0.447 e. The van der Waals surface area contributed by atoms with Crippen LogP contribution in [0.5, 0.6) is 0 Å². The number of nitrogens with zero attached hydrogens (tertiary/aromatic N) is 3. The minimum absolute atomic E-state index is 0.0448. The molecule has 0 radical (unpaired) electrons. The first-order chi connectivity index (χ1) is 14.8. The van der Waals surface area contributed by atoms with E-state index in [9.17, 15) is 9.59 Å². The molecule has 4 rings (SSSR count). The van der Waals surface area contributed by atoms with E-state index in [0.717, 1.165) is 23.6 Å². The number of hydrogen-bond acceptors (Lipinski definition) is 5. The fourth-order valence-corrected chi connectivity index (χ4v) is 4.82. The second-order valence-corrected chi connectivity index (χ2v) is 8.98. The van der Waals surface area contributed by atoms with E-state index in [0.29, 0.717) is 19.6 Å². The van der Waals surface area contributed by atoms with Gasteiger partial charge >= 0.3 is 6.09 Å². The zero-order valence-electron chi connectivity index (χ0n) is 18.2. The van der Waals surface area contributed by atoms with E-state index in [1.165, 1.54) is 23.6 Å². The van der Waals surface area contributed by atoms with Crippen molar-refractivity contribution in [1.29, 1.82) is 0 Å². The van der Waals surface area contributed by atoms with Crippen molar-refractivity contribution in [1.82, 2.24) is 14.8 Å². The number of fused-ring (bicyclic) bond motifs is 2. The highest BCUT2D eigenvalue weighted by Crippen LogP contribution is 2.37. The molecular formula is C24H28ClN3O3. The molecule has 1 aromatic carbocycles. The summed E-state index contributed by atoms with van der Waals surface area (Å²) in [5.41, 5.74) is 4.60. The number of benzene rings is 1. The number of amides is 1. The Labute approximate surface area is 188 Å². The average Bonchev–Trinajstić information content (AvgIpc) is 2.89. The molecule has 0 saturated carbocycles. The van der Waals surface area contributed by atoms with Gasteiger partial charge in [-0.05, 0) is 68.5 Å². The summed E-state index contributed by atoms with van der Waals surface area (Å²) in [6, 6.07) is 9.49. The molecule has 0 N–H and O–H groups in total. The Bertz CT molecular complexity index is 994. The molecule has 2 aliphatic rings. The Hall–Kier alpha value is -2.44. The maximum atomic E-state index is 12.6. The van der Waals surface area contributed by atoms with Crippen LogP contribution in [0.4, 0.5) is 4.79 Å². The Morgan fingerprint density at radius 2 is 1.94 bits per heavy atom. The zero-order valence-corrected chi connectivity index (χ0v) is 18.9. The van der Waals surface area contributed by atoms with Gasteiger partial charge < -0.3 is 4.74 Å². The first kappa shape index (κ1) is 21.8. The molecule has 1 fully saturated rings. The molecule has 1 aromatic heterocycles. The number of Topliss-reactive ketones (excluding diaryl/α,β-unsaturated/α-hetero) is 1. The molecule has 2 aromatic rings. The number of hydrogen-bond donors (Lipinski definition) is 0. The largest absolute Gasteiger partial charge is 0.447 e. The maximum absolute atomic E-state index is 12.6. The maximum Gasteiger partial charge on any atom is 0.410 e. The molecule has 6 nitrogen and oxygen atoms in total. The second kappa shape index (κ2) is 8.97. The number of carbonyl (C=O) groups is 2. The number of piperazine rings is 1. The van der Waals surface area contributed by atoms with Crippen LogP contribution in [0.15, 0.2) is 36.5 Å². The van der Waals surface area contributed by atoms with Gasteiger partial charge in [-0.1, -0.05) is 23.7 Å². The second-order valence-electron chi connectivity index (χ2n) is 8.54. The highest BCUT2D eigenvalue weighted by Gasteiger charge is 2.39. The van der Waals surface area contributed by atoms with Gasteiger partial charge in [0.05, 0.1) is 17.8 Å². The molecular weight excluding hydrogens is 414 g/mol. The molecule has 2 atom stereocenters. The number of ketones is 1. The van der Waals surface area contributed by atoms with Gasteiger partial charge in [0.1, 0.15) is 6.04 Å². The van der Waals surface area contributed by atoms with Crippen LogP contribution in [-0.4, -0.2) is 58.4 Å². The average molecular weight is 442 g/mol. The molecule has 2 heterocycles. The van der Waals surface area contributed by atoms with Gasteiger partial charge in [-0.3, -0.25) is 19.6 Å². The van der Waals surface area contributed by atoms with Gasteiger partial charge in [0.2, 0.25) is 0 Å². The minimum atomic E-state index is -0.550. The fourth-order valence-electron chi connectivity index (χ4n) is 4.63. The third-order valence-corrected chi connectivity index (χ3v) is 6.30. The molecule has 31 heavy (non-hydrogen) atoms. The number of aryl methyl sites for hydroxylation is 2. The van der Waals surface area contributed by atoms with Crippen molar-refractivity contribution >= 4 is 23.5 Å². The normalized spacial score (nSPS) is 21.3. The van der Waals surface area contributed by atoms with Gasteiger partial charge in [0.15, 0.2) is 5.78 Å². The van der Waals surface area contributed by atoms with E-state index in [1.807, 2.05) is 38.2 Å². The molecule has 0 spiro atoms. The van der Waals surface area contributed by atoms with Crippen LogP contribution in [0.1, 0.15) is 49.2 Å². The Kier molecular flexibility index (Phi) is 6.30. The third-order valence-electron chi connectivity index (χ3n) is 6.07. The van der Waals surface area contributed by atoms with Crippen LogP contribution >= 0.6 is 11.6 Å². The van der Waals surface area contributed by atoms with Crippen molar-refractivity contribution < 1.29 is 14.3 Å². The lowest BCUT2D eigenvalue weighted by molar-refractivity contribution is -0.124. The molecule has 1 aliphatic carbocycles. The van der Waals surface area contributed by atoms with Crippen molar-refractivity contribution in [2.45, 2.75) is 51.8 Å². The first-order valence-electron chi connectivity index (χ1n) is 10.8. The van der Waals surface area contributed by atoms with Crippen molar-refractivity contribution in [2.75, 3.05) is 19.6 Å². The molecule has 0 bridgehead atoms. The standard InChI is InChI=1S/C24H28ClN3O3/c1-15(2)31-24(30)28-12-11-27(14-21(28)16(3)29)23-20-9-8-19(25)13-18(20)7-6-17-5-4-10-26-22(17)23/h4-5,8-10,13,15,21,23H,6-7,11-12,14H2,1-3H3/t21-,23?/m1/s1. The fraction of sp³-hybridized carbons (Fsp3) is 0.458. The van der Waals surface area contributed by atoms with Crippen LogP contribution < -0.4 is 0 Å². The van der Waals surface area contributed by atoms with Crippen LogP contribution in [-0.2, 0) is 22.4 Å². The molecule has 7 heteroatoms. The summed E-state index contributed by atoms with van der Waals surface area (Å²) >= 11 is 6.30. The predicted molar refractivity (Wildman–Crippen MR) is 119 cm³/mol. The molecule has 164 valence electrons. The smallest absolute Gasteiger partial charge is 0.410 e. The number of pyridine rings is 1. The lowest BCUT2D eigenvalue weighted by Gasteiger charge is -2.43.